The first-order valence-electron chi connectivity index (χ1n) is 7.66. The third-order valence-corrected chi connectivity index (χ3v) is 3.60. The molecule has 122 valence electrons. The number of carbonyl (C=O) groups is 1. The van der Waals surface area contributed by atoms with Crippen molar-refractivity contribution in [1.29, 1.82) is 0 Å². The van der Waals surface area contributed by atoms with E-state index in [-0.39, 0.29) is 24.9 Å². The molecule has 0 radical (unpaired) electrons. The number of hydrogen-bond acceptors (Lipinski definition) is 4. The third-order valence-electron chi connectivity index (χ3n) is 3.60. The second kappa shape index (κ2) is 10.1. The van der Waals surface area contributed by atoms with Gasteiger partial charge in [0.25, 0.3) is 0 Å². The van der Waals surface area contributed by atoms with Crippen LogP contribution in [0.3, 0.4) is 0 Å². The molecule has 0 aromatic heterocycles. The zero-order valence-corrected chi connectivity index (χ0v) is 13.9. The minimum Gasteiger partial charge on any atom is -0.465 e. The third kappa shape index (κ3) is 5.98. The second-order valence-electron chi connectivity index (χ2n) is 5.15. The molecule has 1 aromatic rings. The van der Waals surface area contributed by atoms with Gasteiger partial charge in [0.05, 0.1) is 6.61 Å². The van der Waals surface area contributed by atoms with Crippen LogP contribution in [-0.2, 0) is 16.0 Å². The Morgan fingerprint density at radius 2 is 2.14 bits per heavy atom. The summed E-state index contributed by atoms with van der Waals surface area (Å²) < 4.78 is 4.89. The average molecular weight is 325 g/mol. The highest BCUT2D eigenvalue weighted by molar-refractivity contribution is 5.85. The fraction of sp³-hybridized carbons (Fsp3) is 0.471. The standard InChI is InChI=1S/C17H24N2O2.ClH/c1-2-21-17(20)14-18-13-16-9-6-11-19(16)12-10-15-7-4-3-5-8-15;/h3-5,7-8,13,18H,2,6,9-12,14H2,1H3;1H. The molecule has 0 spiro atoms. The lowest BCUT2D eigenvalue weighted by atomic mass is 10.1. The summed E-state index contributed by atoms with van der Waals surface area (Å²) in [5, 5.41) is 3.06. The lowest BCUT2D eigenvalue weighted by Gasteiger charge is -2.20. The zero-order valence-electron chi connectivity index (χ0n) is 13.1. The number of benzene rings is 1. The van der Waals surface area contributed by atoms with E-state index in [1.54, 1.807) is 0 Å². The molecule has 1 N–H and O–H groups in total. The fourth-order valence-electron chi connectivity index (χ4n) is 2.54. The average Bonchev–Trinajstić information content (AvgIpc) is 2.94. The number of nitrogens with zero attached hydrogens (tertiary/aromatic N) is 1. The van der Waals surface area contributed by atoms with E-state index in [1.807, 2.05) is 19.2 Å². The maximum Gasteiger partial charge on any atom is 0.325 e. The van der Waals surface area contributed by atoms with Gasteiger partial charge in [-0.05, 0) is 31.7 Å². The van der Waals surface area contributed by atoms with Gasteiger partial charge in [0.1, 0.15) is 6.54 Å². The molecule has 0 unspecified atom stereocenters. The second-order valence-corrected chi connectivity index (χ2v) is 5.15. The molecule has 4 nitrogen and oxygen atoms in total. The molecule has 22 heavy (non-hydrogen) atoms. The van der Waals surface area contributed by atoms with Crippen LogP contribution in [0.4, 0.5) is 0 Å². The van der Waals surface area contributed by atoms with Gasteiger partial charge in [-0.3, -0.25) is 4.79 Å². The minimum absolute atomic E-state index is 0. The van der Waals surface area contributed by atoms with Gasteiger partial charge in [-0.2, -0.15) is 0 Å². The number of ether oxygens (including phenoxy) is 1. The first-order valence-corrected chi connectivity index (χ1v) is 7.66. The number of nitrogens with one attached hydrogen (secondary N) is 1. The number of esters is 1. The number of rotatable bonds is 7. The predicted octanol–water partition coefficient (Wildman–Crippen LogP) is 2.74. The van der Waals surface area contributed by atoms with E-state index in [1.165, 1.54) is 17.7 Å². The van der Waals surface area contributed by atoms with Crippen LogP contribution in [0.15, 0.2) is 42.2 Å². The molecule has 1 aromatic carbocycles. The normalized spacial score (nSPS) is 15.5. The summed E-state index contributed by atoms with van der Waals surface area (Å²) in [4.78, 5) is 13.7. The fourth-order valence-corrected chi connectivity index (χ4v) is 2.54. The minimum atomic E-state index is -0.205. The molecule has 0 bridgehead atoms. The quantitative estimate of drug-likeness (QED) is 0.783. The highest BCUT2D eigenvalue weighted by Crippen LogP contribution is 2.20. The summed E-state index contributed by atoms with van der Waals surface area (Å²) in [6.45, 7) is 4.61. The van der Waals surface area contributed by atoms with E-state index in [4.69, 9.17) is 4.74 Å². The summed E-state index contributed by atoms with van der Waals surface area (Å²) in [6, 6.07) is 10.5. The molecule has 5 heteroatoms. The van der Waals surface area contributed by atoms with Gasteiger partial charge in [-0.15, -0.1) is 12.4 Å². The van der Waals surface area contributed by atoms with Gasteiger partial charge in [0, 0.05) is 25.0 Å². The van der Waals surface area contributed by atoms with Crippen LogP contribution in [-0.4, -0.2) is 37.1 Å². The first kappa shape index (κ1) is 18.4. The molecule has 1 aliphatic rings. The maximum absolute atomic E-state index is 11.3. The number of hydrogen-bond donors (Lipinski definition) is 1. The molecule has 0 saturated carbocycles. The van der Waals surface area contributed by atoms with Crippen molar-refractivity contribution >= 4 is 18.4 Å². The van der Waals surface area contributed by atoms with E-state index < -0.39 is 0 Å². The molecule has 0 amide bonds. The molecule has 0 atom stereocenters. The molecular formula is C17H25ClN2O2. The van der Waals surface area contributed by atoms with Gasteiger partial charge in [0.2, 0.25) is 0 Å². The maximum atomic E-state index is 11.3. The summed E-state index contributed by atoms with van der Waals surface area (Å²) >= 11 is 0. The number of allylic oxidation sites excluding steroid dienone is 1. The van der Waals surface area contributed by atoms with Crippen molar-refractivity contribution in [2.75, 3.05) is 26.2 Å². The van der Waals surface area contributed by atoms with Crippen LogP contribution >= 0.6 is 12.4 Å². The largest absolute Gasteiger partial charge is 0.465 e. The van der Waals surface area contributed by atoms with Crippen molar-refractivity contribution in [3.8, 4) is 0 Å². The Labute approximate surface area is 138 Å². The highest BCUT2D eigenvalue weighted by Gasteiger charge is 2.16. The van der Waals surface area contributed by atoms with Gasteiger partial charge in [-0.25, -0.2) is 0 Å². The number of likely N-dealkylation sites (tertiary alicyclic amines) is 1. The van der Waals surface area contributed by atoms with Crippen molar-refractivity contribution in [2.24, 2.45) is 0 Å². The Morgan fingerprint density at radius 3 is 2.86 bits per heavy atom. The summed E-state index contributed by atoms with van der Waals surface area (Å²) in [7, 11) is 0. The number of halogens is 1. The SMILES string of the molecule is CCOC(=O)CNC=C1CCCN1CCc1ccccc1.Cl. The molecule has 1 heterocycles. The molecular weight excluding hydrogens is 300 g/mol. The Morgan fingerprint density at radius 1 is 1.36 bits per heavy atom. The van der Waals surface area contributed by atoms with Gasteiger partial charge >= 0.3 is 5.97 Å². The van der Waals surface area contributed by atoms with E-state index >= 15 is 0 Å². The molecule has 1 fully saturated rings. The lowest BCUT2D eigenvalue weighted by Crippen LogP contribution is -2.25. The molecule has 1 saturated heterocycles. The smallest absolute Gasteiger partial charge is 0.325 e. The van der Waals surface area contributed by atoms with Crippen LogP contribution in [0.25, 0.3) is 0 Å². The van der Waals surface area contributed by atoms with Gasteiger partial charge < -0.3 is 15.0 Å². The summed E-state index contributed by atoms with van der Waals surface area (Å²) in [6.07, 6.45) is 5.28. The van der Waals surface area contributed by atoms with Crippen molar-refractivity contribution in [2.45, 2.75) is 26.2 Å². The highest BCUT2D eigenvalue weighted by atomic mass is 35.5. The topological polar surface area (TPSA) is 41.6 Å². The van der Waals surface area contributed by atoms with E-state index in [2.05, 4.69) is 34.5 Å². The van der Waals surface area contributed by atoms with E-state index in [9.17, 15) is 4.79 Å². The molecule has 2 rings (SSSR count). The van der Waals surface area contributed by atoms with Crippen molar-refractivity contribution < 1.29 is 9.53 Å². The van der Waals surface area contributed by atoms with Crippen LogP contribution in [0.2, 0.25) is 0 Å². The van der Waals surface area contributed by atoms with Crippen LogP contribution < -0.4 is 5.32 Å². The summed E-state index contributed by atoms with van der Waals surface area (Å²) in [5.74, 6) is -0.205. The predicted molar refractivity (Wildman–Crippen MR) is 90.9 cm³/mol. The van der Waals surface area contributed by atoms with Crippen LogP contribution in [0, 0.1) is 0 Å². The lowest BCUT2D eigenvalue weighted by molar-refractivity contribution is -0.141. The van der Waals surface area contributed by atoms with Gasteiger partial charge in [0.15, 0.2) is 0 Å². The zero-order chi connectivity index (χ0) is 14.9. The Balaban J connectivity index is 0.00000242. The van der Waals surface area contributed by atoms with Crippen LogP contribution in [0.5, 0.6) is 0 Å². The molecule has 1 aliphatic heterocycles. The van der Waals surface area contributed by atoms with E-state index in [0.29, 0.717) is 6.61 Å². The van der Waals surface area contributed by atoms with Crippen molar-refractivity contribution in [1.82, 2.24) is 10.2 Å². The Kier molecular flexibility index (Phi) is 8.44. The van der Waals surface area contributed by atoms with Crippen LogP contribution in [0.1, 0.15) is 25.3 Å². The Bertz CT molecular complexity index is 477. The molecule has 0 aliphatic carbocycles. The van der Waals surface area contributed by atoms with Gasteiger partial charge in [-0.1, -0.05) is 30.3 Å². The summed E-state index contributed by atoms with van der Waals surface area (Å²) in [5.41, 5.74) is 2.65. The monoisotopic (exact) mass is 324 g/mol. The van der Waals surface area contributed by atoms with Crippen molar-refractivity contribution in [3.05, 3.63) is 47.8 Å². The van der Waals surface area contributed by atoms with E-state index in [0.717, 1.165) is 25.9 Å². The first-order chi connectivity index (χ1) is 10.3. The number of carbonyl (C=O) groups excluding carboxylic acids is 1. The Hall–Kier alpha value is -1.68. The van der Waals surface area contributed by atoms with Crippen molar-refractivity contribution in [3.63, 3.8) is 0 Å².